The highest BCUT2D eigenvalue weighted by molar-refractivity contribution is 5.02. The Balaban J connectivity index is 1.49. The molecule has 2 nitrogen and oxygen atoms in total. The van der Waals surface area contributed by atoms with E-state index in [4.69, 9.17) is 4.74 Å². The summed E-state index contributed by atoms with van der Waals surface area (Å²) in [6.07, 6.45) is 15.3. The van der Waals surface area contributed by atoms with Crippen LogP contribution in [0.1, 0.15) is 70.6 Å². The number of ether oxygens (including phenoxy) is 1. The molecule has 2 spiro atoms. The maximum Gasteiger partial charge on any atom is 0.0817 e. The molecule has 1 heterocycles. The molecule has 3 saturated carbocycles. The second-order valence-corrected chi connectivity index (χ2v) is 7.83. The van der Waals surface area contributed by atoms with Gasteiger partial charge in [-0.2, -0.15) is 0 Å². The van der Waals surface area contributed by atoms with Gasteiger partial charge < -0.3 is 10.1 Å². The highest BCUT2D eigenvalue weighted by Crippen LogP contribution is 2.50. The van der Waals surface area contributed by atoms with Crippen LogP contribution in [0, 0.1) is 11.8 Å². The minimum atomic E-state index is 0.209. The maximum atomic E-state index is 6.89. The van der Waals surface area contributed by atoms with Gasteiger partial charge in [0.25, 0.3) is 0 Å². The van der Waals surface area contributed by atoms with Crippen LogP contribution in [-0.2, 0) is 4.74 Å². The predicted octanol–water partition coefficient (Wildman–Crippen LogP) is 3.65. The first kappa shape index (κ1) is 12.6. The molecule has 19 heavy (non-hydrogen) atoms. The number of rotatable bonds is 1. The van der Waals surface area contributed by atoms with Crippen LogP contribution in [0.2, 0.25) is 0 Å². The largest absolute Gasteiger partial charge is 0.366 e. The van der Waals surface area contributed by atoms with Gasteiger partial charge in [-0.3, -0.25) is 0 Å². The molecule has 4 rings (SSSR count). The van der Waals surface area contributed by atoms with Gasteiger partial charge >= 0.3 is 0 Å². The average Bonchev–Trinajstić information content (AvgIpc) is 3.24. The molecular weight excluding hydrogens is 234 g/mol. The Hall–Kier alpha value is -0.0800. The van der Waals surface area contributed by atoms with Crippen molar-refractivity contribution < 1.29 is 4.74 Å². The Morgan fingerprint density at radius 3 is 2.26 bits per heavy atom. The summed E-state index contributed by atoms with van der Waals surface area (Å²) >= 11 is 0. The van der Waals surface area contributed by atoms with Crippen LogP contribution in [0.15, 0.2) is 0 Å². The fraction of sp³-hybridized carbons (Fsp3) is 1.00. The highest BCUT2D eigenvalue weighted by atomic mass is 16.5. The molecule has 0 aromatic rings. The van der Waals surface area contributed by atoms with Gasteiger partial charge in [-0.15, -0.1) is 0 Å². The molecular formula is C17H29NO. The van der Waals surface area contributed by atoms with E-state index in [9.17, 15) is 0 Å². The lowest BCUT2D eigenvalue weighted by Crippen LogP contribution is -2.62. The zero-order chi connectivity index (χ0) is 12.8. The van der Waals surface area contributed by atoms with E-state index in [-0.39, 0.29) is 11.2 Å². The SMILES string of the molecule is C1CCC2(CC1)CNCC1(CCCC(C3CC3)C1)O2. The van der Waals surface area contributed by atoms with Crippen molar-refractivity contribution in [2.24, 2.45) is 11.8 Å². The number of hydrogen-bond acceptors (Lipinski definition) is 2. The van der Waals surface area contributed by atoms with E-state index in [1.54, 1.807) is 0 Å². The molecule has 3 aliphatic carbocycles. The quantitative estimate of drug-likeness (QED) is 0.779. The third-order valence-electron chi connectivity index (χ3n) is 6.22. The van der Waals surface area contributed by atoms with E-state index < -0.39 is 0 Å². The van der Waals surface area contributed by atoms with E-state index in [0.717, 1.165) is 24.9 Å². The van der Waals surface area contributed by atoms with Crippen molar-refractivity contribution in [2.45, 2.75) is 81.8 Å². The van der Waals surface area contributed by atoms with Crippen LogP contribution < -0.4 is 5.32 Å². The summed E-state index contributed by atoms with van der Waals surface area (Å²) in [5.74, 6) is 2.04. The molecule has 4 aliphatic rings. The summed E-state index contributed by atoms with van der Waals surface area (Å²) in [6, 6.07) is 0. The van der Waals surface area contributed by atoms with Crippen molar-refractivity contribution >= 4 is 0 Å². The van der Waals surface area contributed by atoms with E-state index in [0.29, 0.717) is 0 Å². The second kappa shape index (κ2) is 4.73. The van der Waals surface area contributed by atoms with Crippen LogP contribution in [0.25, 0.3) is 0 Å². The van der Waals surface area contributed by atoms with Crippen molar-refractivity contribution in [1.82, 2.24) is 5.32 Å². The molecule has 0 amide bonds. The summed E-state index contributed by atoms with van der Waals surface area (Å²) in [4.78, 5) is 0. The Labute approximate surface area is 117 Å². The molecule has 1 saturated heterocycles. The van der Waals surface area contributed by atoms with Crippen LogP contribution in [0.5, 0.6) is 0 Å². The van der Waals surface area contributed by atoms with Crippen LogP contribution in [0.4, 0.5) is 0 Å². The topological polar surface area (TPSA) is 21.3 Å². The Bertz CT molecular complexity index is 323. The monoisotopic (exact) mass is 263 g/mol. The van der Waals surface area contributed by atoms with E-state index >= 15 is 0 Å². The molecule has 108 valence electrons. The number of morpholine rings is 1. The third kappa shape index (κ3) is 2.47. The molecule has 1 N–H and O–H groups in total. The lowest BCUT2D eigenvalue weighted by molar-refractivity contribution is -0.209. The van der Waals surface area contributed by atoms with Gasteiger partial charge in [0.2, 0.25) is 0 Å². The van der Waals surface area contributed by atoms with Gasteiger partial charge in [-0.1, -0.05) is 25.7 Å². The van der Waals surface area contributed by atoms with Gasteiger partial charge in [0.05, 0.1) is 11.2 Å². The first-order chi connectivity index (χ1) is 9.29. The zero-order valence-corrected chi connectivity index (χ0v) is 12.3. The standard InChI is InChI=1S/C17H29NO/c1-2-8-16(9-3-1)12-18-13-17(19-16)10-4-5-15(11-17)14-6-7-14/h14-15,18H,1-13H2. The van der Waals surface area contributed by atoms with E-state index in [1.165, 1.54) is 70.6 Å². The Morgan fingerprint density at radius 2 is 1.47 bits per heavy atom. The predicted molar refractivity (Wildman–Crippen MR) is 77.2 cm³/mol. The fourth-order valence-electron chi connectivity index (χ4n) is 5.12. The summed E-state index contributed by atoms with van der Waals surface area (Å²) in [5, 5.41) is 3.76. The molecule has 1 aliphatic heterocycles. The van der Waals surface area contributed by atoms with Gasteiger partial charge in [-0.05, 0) is 56.8 Å². The molecule has 0 radical (unpaired) electrons. The van der Waals surface area contributed by atoms with Gasteiger partial charge in [-0.25, -0.2) is 0 Å². The lowest BCUT2D eigenvalue weighted by atomic mass is 9.73. The van der Waals surface area contributed by atoms with Gasteiger partial charge in [0.15, 0.2) is 0 Å². The fourth-order valence-corrected chi connectivity index (χ4v) is 5.12. The van der Waals surface area contributed by atoms with Crippen molar-refractivity contribution in [2.75, 3.05) is 13.1 Å². The molecule has 0 aromatic carbocycles. The number of hydrogen-bond donors (Lipinski definition) is 1. The van der Waals surface area contributed by atoms with Crippen LogP contribution in [-0.4, -0.2) is 24.3 Å². The minimum absolute atomic E-state index is 0.209. The first-order valence-electron chi connectivity index (χ1n) is 8.70. The third-order valence-corrected chi connectivity index (χ3v) is 6.22. The van der Waals surface area contributed by atoms with Crippen molar-refractivity contribution in [3.8, 4) is 0 Å². The van der Waals surface area contributed by atoms with Crippen molar-refractivity contribution in [3.63, 3.8) is 0 Å². The molecule has 2 heteroatoms. The van der Waals surface area contributed by atoms with Crippen molar-refractivity contribution in [3.05, 3.63) is 0 Å². The second-order valence-electron chi connectivity index (χ2n) is 7.83. The van der Waals surface area contributed by atoms with Crippen molar-refractivity contribution in [1.29, 1.82) is 0 Å². The highest BCUT2D eigenvalue weighted by Gasteiger charge is 2.49. The normalized spacial score (nSPS) is 42.6. The average molecular weight is 263 g/mol. The number of nitrogens with one attached hydrogen (secondary N) is 1. The van der Waals surface area contributed by atoms with Crippen LogP contribution >= 0.6 is 0 Å². The van der Waals surface area contributed by atoms with E-state index in [1.807, 2.05) is 0 Å². The Kier molecular flexibility index (Phi) is 3.15. The lowest BCUT2D eigenvalue weighted by Gasteiger charge is -2.53. The minimum Gasteiger partial charge on any atom is -0.366 e. The molecule has 4 fully saturated rings. The summed E-state index contributed by atoms with van der Waals surface area (Å²) < 4.78 is 6.89. The Morgan fingerprint density at radius 1 is 0.737 bits per heavy atom. The summed E-state index contributed by atoms with van der Waals surface area (Å²) in [7, 11) is 0. The van der Waals surface area contributed by atoms with E-state index in [2.05, 4.69) is 5.32 Å². The van der Waals surface area contributed by atoms with Gasteiger partial charge in [0, 0.05) is 13.1 Å². The van der Waals surface area contributed by atoms with Gasteiger partial charge in [0.1, 0.15) is 0 Å². The van der Waals surface area contributed by atoms with Crippen LogP contribution in [0.3, 0.4) is 0 Å². The smallest absolute Gasteiger partial charge is 0.0817 e. The first-order valence-corrected chi connectivity index (χ1v) is 8.70. The zero-order valence-electron chi connectivity index (χ0n) is 12.3. The molecule has 0 aromatic heterocycles. The molecule has 2 atom stereocenters. The summed E-state index contributed by atoms with van der Waals surface area (Å²) in [6.45, 7) is 2.24. The molecule has 2 unspecified atom stereocenters. The summed E-state index contributed by atoms with van der Waals surface area (Å²) in [5.41, 5.74) is 0.420. The molecule has 0 bridgehead atoms. The maximum absolute atomic E-state index is 6.89.